The molecule has 0 atom stereocenters. The van der Waals surface area contributed by atoms with Gasteiger partial charge in [-0.2, -0.15) is 5.26 Å². The van der Waals surface area contributed by atoms with E-state index in [1.54, 1.807) is 0 Å². The highest BCUT2D eigenvalue weighted by molar-refractivity contribution is 6.30. The second-order valence-electron chi connectivity index (χ2n) is 6.23. The Morgan fingerprint density at radius 3 is 2.07 bits per heavy atom. The van der Waals surface area contributed by atoms with E-state index in [0.717, 1.165) is 48.5 Å². The minimum absolute atomic E-state index is 0.667. The van der Waals surface area contributed by atoms with Gasteiger partial charge in [-0.25, -0.2) is 0 Å². The molecule has 0 saturated heterocycles. The number of rotatable bonds is 9. The number of hydrogen-bond donors (Lipinski definition) is 0. The second kappa shape index (κ2) is 10.8. The molecule has 0 spiro atoms. The third kappa shape index (κ3) is 5.85. The molecule has 0 aliphatic carbocycles. The van der Waals surface area contributed by atoms with E-state index in [9.17, 15) is 5.26 Å². The fourth-order valence-corrected chi connectivity index (χ4v) is 3.16. The minimum atomic E-state index is 0.667. The molecule has 2 aromatic carbocycles. The van der Waals surface area contributed by atoms with Gasteiger partial charge in [0.15, 0.2) is 0 Å². The number of nitrogens with zero attached hydrogens (tertiary/aromatic N) is 2. The smallest absolute Gasteiger partial charge is 0.119 e. The van der Waals surface area contributed by atoms with Crippen LogP contribution in [-0.2, 0) is 0 Å². The summed E-state index contributed by atoms with van der Waals surface area (Å²) in [6.45, 7) is 10.0. The zero-order valence-electron chi connectivity index (χ0n) is 16.3. The number of halogens is 1. The SMILES string of the molecule is CC/C(=C(\C#N)c1ccc(Cl)cc1)c1ccc(OCCN(CC)CC)cc1. The average Bonchev–Trinajstić information content (AvgIpc) is 2.71. The summed E-state index contributed by atoms with van der Waals surface area (Å²) >= 11 is 5.97. The van der Waals surface area contributed by atoms with E-state index in [1.807, 2.05) is 48.5 Å². The van der Waals surface area contributed by atoms with E-state index >= 15 is 0 Å². The molecule has 0 amide bonds. The average molecular weight is 383 g/mol. The Bertz CT molecular complexity index is 785. The third-order valence-corrected chi connectivity index (χ3v) is 4.93. The fourth-order valence-electron chi connectivity index (χ4n) is 3.03. The van der Waals surface area contributed by atoms with E-state index in [1.165, 1.54) is 0 Å². The predicted octanol–water partition coefficient (Wildman–Crippen LogP) is 5.90. The van der Waals surface area contributed by atoms with Crippen molar-refractivity contribution in [3.05, 3.63) is 64.7 Å². The van der Waals surface area contributed by atoms with Crippen LogP contribution in [0.1, 0.15) is 38.3 Å². The molecule has 0 bridgehead atoms. The molecule has 0 heterocycles. The Morgan fingerprint density at radius 2 is 1.56 bits per heavy atom. The maximum atomic E-state index is 9.71. The molecule has 0 aliphatic heterocycles. The van der Waals surface area contributed by atoms with Gasteiger partial charge >= 0.3 is 0 Å². The van der Waals surface area contributed by atoms with Gasteiger partial charge in [-0.1, -0.05) is 56.6 Å². The molecule has 0 aliphatic rings. The van der Waals surface area contributed by atoms with Crippen LogP contribution in [-0.4, -0.2) is 31.1 Å². The van der Waals surface area contributed by atoms with Crippen molar-refractivity contribution < 1.29 is 4.74 Å². The second-order valence-corrected chi connectivity index (χ2v) is 6.66. The summed E-state index contributed by atoms with van der Waals surface area (Å²) in [5.74, 6) is 0.853. The molecule has 142 valence electrons. The zero-order chi connectivity index (χ0) is 19.6. The molecule has 0 N–H and O–H groups in total. The number of hydrogen-bond acceptors (Lipinski definition) is 3. The predicted molar refractivity (Wildman–Crippen MR) is 114 cm³/mol. The van der Waals surface area contributed by atoms with Crippen LogP contribution in [0.3, 0.4) is 0 Å². The van der Waals surface area contributed by atoms with Crippen molar-refractivity contribution in [3.8, 4) is 11.8 Å². The van der Waals surface area contributed by atoms with E-state index in [-0.39, 0.29) is 0 Å². The van der Waals surface area contributed by atoms with Crippen LogP contribution >= 0.6 is 11.6 Å². The van der Waals surface area contributed by atoms with E-state index in [0.29, 0.717) is 17.2 Å². The Kier molecular flexibility index (Phi) is 8.39. The molecule has 2 rings (SSSR count). The molecule has 3 nitrogen and oxygen atoms in total. The topological polar surface area (TPSA) is 36.3 Å². The molecule has 0 saturated carbocycles. The number of nitriles is 1. The molecular formula is C23H27ClN2O. The van der Waals surface area contributed by atoms with Gasteiger partial charge in [-0.05, 0) is 60.5 Å². The van der Waals surface area contributed by atoms with Gasteiger partial charge in [-0.15, -0.1) is 0 Å². The quantitative estimate of drug-likeness (QED) is 0.399. The van der Waals surface area contributed by atoms with Crippen LogP contribution in [0.2, 0.25) is 5.02 Å². The molecule has 0 radical (unpaired) electrons. The van der Waals surface area contributed by atoms with Gasteiger partial charge in [0.25, 0.3) is 0 Å². The van der Waals surface area contributed by atoms with Crippen molar-refractivity contribution in [1.29, 1.82) is 5.26 Å². The third-order valence-electron chi connectivity index (χ3n) is 4.67. The lowest BCUT2D eigenvalue weighted by Gasteiger charge is -2.18. The highest BCUT2D eigenvalue weighted by Crippen LogP contribution is 2.30. The maximum Gasteiger partial charge on any atom is 0.119 e. The minimum Gasteiger partial charge on any atom is -0.492 e. The summed E-state index contributed by atoms with van der Waals surface area (Å²) in [5.41, 5.74) is 3.64. The van der Waals surface area contributed by atoms with E-state index in [4.69, 9.17) is 16.3 Å². The normalized spacial score (nSPS) is 11.9. The lowest BCUT2D eigenvalue weighted by Crippen LogP contribution is -2.27. The summed E-state index contributed by atoms with van der Waals surface area (Å²) in [7, 11) is 0. The lowest BCUT2D eigenvalue weighted by atomic mass is 9.93. The molecule has 0 fully saturated rings. The Hall–Kier alpha value is -2.28. The fraction of sp³-hybridized carbons (Fsp3) is 0.348. The van der Waals surface area contributed by atoms with Crippen molar-refractivity contribution in [2.75, 3.05) is 26.2 Å². The number of ether oxygens (including phenoxy) is 1. The van der Waals surface area contributed by atoms with Crippen molar-refractivity contribution in [2.45, 2.75) is 27.2 Å². The Labute approximate surface area is 167 Å². The molecule has 0 unspecified atom stereocenters. The molecule has 0 aromatic heterocycles. The largest absolute Gasteiger partial charge is 0.492 e. The summed E-state index contributed by atoms with van der Waals surface area (Å²) in [4.78, 5) is 2.33. The van der Waals surface area contributed by atoms with Crippen molar-refractivity contribution in [1.82, 2.24) is 4.90 Å². The number of likely N-dealkylation sites (N-methyl/N-ethyl adjacent to an activating group) is 1. The highest BCUT2D eigenvalue weighted by atomic mass is 35.5. The number of benzene rings is 2. The van der Waals surface area contributed by atoms with Gasteiger partial charge in [0.05, 0.1) is 5.57 Å². The van der Waals surface area contributed by atoms with Gasteiger partial charge in [0.2, 0.25) is 0 Å². The van der Waals surface area contributed by atoms with Crippen LogP contribution in [0.25, 0.3) is 11.1 Å². The first kappa shape index (κ1) is 21.0. The molecule has 2 aromatic rings. The zero-order valence-corrected chi connectivity index (χ0v) is 17.1. The van der Waals surface area contributed by atoms with Crippen LogP contribution in [0, 0.1) is 11.3 Å². The van der Waals surface area contributed by atoms with Crippen LogP contribution in [0.15, 0.2) is 48.5 Å². The summed E-state index contributed by atoms with van der Waals surface area (Å²) < 4.78 is 5.86. The van der Waals surface area contributed by atoms with Crippen LogP contribution in [0.5, 0.6) is 5.75 Å². The summed E-state index contributed by atoms with van der Waals surface area (Å²) in [5, 5.41) is 10.4. The Balaban J connectivity index is 2.17. The highest BCUT2D eigenvalue weighted by Gasteiger charge is 2.10. The maximum absolute atomic E-state index is 9.71. The Morgan fingerprint density at radius 1 is 0.963 bits per heavy atom. The van der Waals surface area contributed by atoms with Gasteiger partial charge in [-0.3, -0.25) is 0 Å². The standard InChI is InChI=1S/C23H27ClN2O/c1-4-22(23(17-25)19-7-11-20(24)12-8-19)18-9-13-21(14-10-18)27-16-15-26(5-2)6-3/h7-14H,4-6,15-16H2,1-3H3/b23-22-. The lowest BCUT2D eigenvalue weighted by molar-refractivity contribution is 0.223. The monoisotopic (exact) mass is 382 g/mol. The first-order valence-corrected chi connectivity index (χ1v) is 9.85. The molecule has 4 heteroatoms. The van der Waals surface area contributed by atoms with Crippen molar-refractivity contribution in [2.24, 2.45) is 0 Å². The summed E-state index contributed by atoms with van der Waals surface area (Å²) in [6.07, 6.45) is 0.772. The molecule has 27 heavy (non-hydrogen) atoms. The number of allylic oxidation sites excluding steroid dienone is 2. The van der Waals surface area contributed by atoms with Crippen LogP contribution in [0.4, 0.5) is 0 Å². The van der Waals surface area contributed by atoms with E-state index < -0.39 is 0 Å². The van der Waals surface area contributed by atoms with Gasteiger partial charge < -0.3 is 9.64 Å². The van der Waals surface area contributed by atoms with Gasteiger partial charge in [0.1, 0.15) is 18.4 Å². The molecular weight excluding hydrogens is 356 g/mol. The summed E-state index contributed by atoms with van der Waals surface area (Å²) in [6, 6.07) is 17.8. The van der Waals surface area contributed by atoms with Gasteiger partial charge in [0, 0.05) is 11.6 Å². The van der Waals surface area contributed by atoms with Crippen molar-refractivity contribution >= 4 is 22.7 Å². The van der Waals surface area contributed by atoms with Crippen LogP contribution < -0.4 is 4.74 Å². The van der Waals surface area contributed by atoms with Crippen molar-refractivity contribution in [3.63, 3.8) is 0 Å². The van der Waals surface area contributed by atoms with E-state index in [2.05, 4.69) is 31.7 Å². The first-order valence-electron chi connectivity index (χ1n) is 9.47. The first-order chi connectivity index (χ1) is 13.1.